The average molecular weight is 242 g/mol. The Morgan fingerprint density at radius 2 is 2.00 bits per heavy atom. The van der Waals surface area contributed by atoms with Gasteiger partial charge in [0.2, 0.25) is 5.91 Å². The smallest absolute Gasteiger partial charge is 0.329 e. The van der Waals surface area contributed by atoms with Crippen LogP contribution in [0.4, 0.5) is 0 Å². The third-order valence-electron chi connectivity index (χ3n) is 2.60. The molecule has 5 nitrogen and oxygen atoms in total. The number of nitrogens with zero attached hydrogens (tertiary/aromatic N) is 1. The summed E-state index contributed by atoms with van der Waals surface area (Å²) in [4.78, 5) is 25.3. The van der Waals surface area contributed by atoms with E-state index < -0.39 is 17.7 Å². The second-order valence-electron chi connectivity index (χ2n) is 5.51. The Morgan fingerprint density at radius 3 is 2.47 bits per heavy atom. The quantitative estimate of drug-likeness (QED) is 0.722. The highest BCUT2D eigenvalue weighted by Crippen LogP contribution is 2.21. The van der Waals surface area contributed by atoms with Crippen molar-refractivity contribution >= 4 is 11.9 Å². The molecule has 0 aromatic carbocycles. The topological polar surface area (TPSA) is 72.6 Å². The van der Waals surface area contributed by atoms with Gasteiger partial charge >= 0.3 is 5.97 Å². The van der Waals surface area contributed by atoms with Crippen LogP contribution in [0.15, 0.2) is 0 Å². The van der Waals surface area contributed by atoms with Crippen LogP contribution < -0.4 is 5.73 Å². The molecule has 0 aliphatic carbocycles. The van der Waals surface area contributed by atoms with Crippen LogP contribution in [0.2, 0.25) is 0 Å². The lowest BCUT2D eigenvalue weighted by Gasteiger charge is -2.28. The van der Waals surface area contributed by atoms with Gasteiger partial charge in [-0.3, -0.25) is 4.79 Å². The lowest BCUT2D eigenvalue weighted by Crippen LogP contribution is -2.48. The van der Waals surface area contributed by atoms with E-state index >= 15 is 0 Å². The molecular formula is C12H22N2O3. The molecule has 1 aliphatic rings. The van der Waals surface area contributed by atoms with Crippen molar-refractivity contribution in [1.82, 2.24) is 4.90 Å². The number of ether oxygens (including phenoxy) is 1. The maximum absolute atomic E-state index is 11.9. The number of carbonyl (C=O) groups is 2. The summed E-state index contributed by atoms with van der Waals surface area (Å²) in [6.45, 7) is 7.67. The van der Waals surface area contributed by atoms with Crippen LogP contribution in [-0.2, 0) is 14.3 Å². The van der Waals surface area contributed by atoms with E-state index in [4.69, 9.17) is 10.5 Å². The van der Waals surface area contributed by atoms with Crippen molar-refractivity contribution < 1.29 is 14.3 Å². The molecule has 0 radical (unpaired) electrons. The minimum Gasteiger partial charge on any atom is -0.458 e. The third kappa shape index (κ3) is 3.70. The van der Waals surface area contributed by atoms with Gasteiger partial charge in [-0.25, -0.2) is 4.79 Å². The predicted molar refractivity (Wildman–Crippen MR) is 64.2 cm³/mol. The molecule has 0 aromatic heterocycles. The minimum atomic E-state index is -0.571. The van der Waals surface area contributed by atoms with E-state index in [0.717, 1.165) is 6.42 Å². The maximum Gasteiger partial charge on any atom is 0.329 e. The van der Waals surface area contributed by atoms with Gasteiger partial charge in [0.25, 0.3) is 0 Å². The van der Waals surface area contributed by atoms with Crippen LogP contribution in [0.1, 0.15) is 40.5 Å². The molecule has 1 saturated heterocycles. The van der Waals surface area contributed by atoms with Crippen LogP contribution in [0.25, 0.3) is 0 Å². The largest absolute Gasteiger partial charge is 0.458 e. The van der Waals surface area contributed by atoms with Crippen LogP contribution in [0, 0.1) is 0 Å². The molecule has 98 valence electrons. The standard InChI is InChI=1S/C12H22N2O3/c1-8(13)10(15)14-7-5-6-9(14)11(16)17-12(2,3)4/h8-9H,5-7,13H2,1-4H3/t8-,9-/m0/s1. The van der Waals surface area contributed by atoms with Crippen LogP contribution in [-0.4, -0.2) is 41.0 Å². The van der Waals surface area contributed by atoms with Gasteiger partial charge in [0.05, 0.1) is 6.04 Å². The molecule has 0 saturated carbocycles. The number of carbonyl (C=O) groups excluding carboxylic acids is 2. The summed E-state index contributed by atoms with van der Waals surface area (Å²) >= 11 is 0. The molecule has 1 fully saturated rings. The zero-order valence-corrected chi connectivity index (χ0v) is 11.0. The molecule has 2 N–H and O–H groups in total. The van der Waals surface area contributed by atoms with Gasteiger partial charge in [-0.1, -0.05) is 0 Å². The summed E-state index contributed by atoms with van der Waals surface area (Å²) in [7, 11) is 0. The fourth-order valence-corrected chi connectivity index (χ4v) is 1.91. The minimum absolute atomic E-state index is 0.182. The Labute approximate surface area is 102 Å². The van der Waals surface area contributed by atoms with Crippen molar-refractivity contribution in [3.63, 3.8) is 0 Å². The highest BCUT2D eigenvalue weighted by molar-refractivity contribution is 5.87. The predicted octanol–water partition coefficient (Wildman–Crippen LogP) is 0.666. The fraction of sp³-hybridized carbons (Fsp3) is 0.833. The van der Waals surface area contributed by atoms with Crippen molar-refractivity contribution in [3.05, 3.63) is 0 Å². The number of likely N-dealkylation sites (tertiary alicyclic amines) is 1. The maximum atomic E-state index is 11.9. The van der Waals surface area contributed by atoms with Gasteiger partial charge < -0.3 is 15.4 Å². The summed E-state index contributed by atoms with van der Waals surface area (Å²) in [6, 6.07) is -1.04. The number of rotatable bonds is 2. The summed E-state index contributed by atoms with van der Waals surface area (Å²) < 4.78 is 5.31. The van der Waals surface area contributed by atoms with Gasteiger partial charge in [0, 0.05) is 6.54 Å². The molecule has 1 amide bonds. The Balaban J connectivity index is 2.70. The molecule has 5 heteroatoms. The Hall–Kier alpha value is -1.10. The number of esters is 1. The van der Waals surface area contributed by atoms with Crippen molar-refractivity contribution in [2.45, 2.75) is 58.2 Å². The molecular weight excluding hydrogens is 220 g/mol. The Kier molecular flexibility index (Phi) is 4.14. The highest BCUT2D eigenvalue weighted by atomic mass is 16.6. The highest BCUT2D eigenvalue weighted by Gasteiger charge is 2.37. The zero-order valence-electron chi connectivity index (χ0n) is 11.0. The zero-order chi connectivity index (χ0) is 13.2. The first-order valence-corrected chi connectivity index (χ1v) is 6.01. The average Bonchev–Trinajstić information content (AvgIpc) is 2.61. The first kappa shape index (κ1) is 14.0. The van der Waals surface area contributed by atoms with Crippen molar-refractivity contribution in [1.29, 1.82) is 0 Å². The number of nitrogens with two attached hydrogens (primary N) is 1. The molecule has 0 aromatic rings. The molecule has 1 aliphatic heterocycles. The normalized spacial score (nSPS) is 22.4. The molecule has 0 bridgehead atoms. The third-order valence-corrected chi connectivity index (χ3v) is 2.60. The van der Waals surface area contributed by atoms with E-state index in [1.54, 1.807) is 11.8 Å². The van der Waals surface area contributed by atoms with Crippen LogP contribution >= 0.6 is 0 Å². The molecule has 17 heavy (non-hydrogen) atoms. The van der Waals surface area contributed by atoms with E-state index in [9.17, 15) is 9.59 Å². The number of amides is 1. The Morgan fingerprint density at radius 1 is 1.41 bits per heavy atom. The first-order chi connectivity index (χ1) is 7.72. The lowest BCUT2D eigenvalue weighted by atomic mass is 10.1. The van der Waals surface area contributed by atoms with Gasteiger partial charge in [-0.15, -0.1) is 0 Å². The summed E-state index contributed by atoms with van der Waals surface area (Å²) in [5.74, 6) is -0.512. The Bertz CT molecular complexity index is 307. The monoisotopic (exact) mass is 242 g/mol. The molecule has 1 rings (SSSR count). The van der Waals surface area contributed by atoms with Crippen molar-refractivity contribution in [3.8, 4) is 0 Å². The summed E-state index contributed by atoms with van der Waals surface area (Å²) in [5.41, 5.74) is 5.04. The number of hydrogen-bond acceptors (Lipinski definition) is 4. The van der Waals surface area contributed by atoms with Crippen molar-refractivity contribution in [2.75, 3.05) is 6.54 Å². The second kappa shape index (κ2) is 5.04. The molecule has 0 spiro atoms. The van der Waals surface area contributed by atoms with Crippen LogP contribution in [0.5, 0.6) is 0 Å². The van der Waals surface area contributed by atoms with Gasteiger partial charge in [-0.2, -0.15) is 0 Å². The number of hydrogen-bond donors (Lipinski definition) is 1. The fourth-order valence-electron chi connectivity index (χ4n) is 1.91. The second-order valence-corrected chi connectivity index (χ2v) is 5.51. The van der Waals surface area contributed by atoms with E-state index in [1.165, 1.54) is 0 Å². The lowest BCUT2D eigenvalue weighted by molar-refractivity contribution is -0.163. The van der Waals surface area contributed by atoms with Crippen molar-refractivity contribution in [2.24, 2.45) is 5.73 Å². The molecule has 1 heterocycles. The van der Waals surface area contributed by atoms with Gasteiger partial charge in [0.15, 0.2) is 0 Å². The van der Waals surface area contributed by atoms with E-state index in [1.807, 2.05) is 20.8 Å². The van der Waals surface area contributed by atoms with E-state index in [-0.39, 0.29) is 11.9 Å². The first-order valence-electron chi connectivity index (χ1n) is 6.01. The molecule has 2 atom stereocenters. The van der Waals surface area contributed by atoms with Crippen LogP contribution in [0.3, 0.4) is 0 Å². The summed E-state index contributed by atoms with van der Waals surface area (Å²) in [6.07, 6.45) is 1.48. The van der Waals surface area contributed by atoms with Gasteiger partial charge in [-0.05, 0) is 40.5 Å². The SMILES string of the molecule is C[C@H](N)C(=O)N1CCC[C@H]1C(=O)OC(C)(C)C. The van der Waals surface area contributed by atoms with E-state index in [2.05, 4.69) is 0 Å². The van der Waals surface area contributed by atoms with E-state index in [0.29, 0.717) is 13.0 Å². The summed E-state index contributed by atoms with van der Waals surface area (Å²) in [5, 5.41) is 0. The molecule has 0 unspecified atom stereocenters. The van der Waals surface area contributed by atoms with Gasteiger partial charge in [0.1, 0.15) is 11.6 Å².